The van der Waals surface area contributed by atoms with Crippen molar-refractivity contribution in [3.63, 3.8) is 0 Å². The normalized spacial score (nSPS) is 16.6. The lowest BCUT2D eigenvalue weighted by Crippen LogP contribution is -2.23. The van der Waals surface area contributed by atoms with Crippen LogP contribution in [0.4, 0.5) is 10.1 Å². The zero-order valence-corrected chi connectivity index (χ0v) is 13.0. The summed E-state index contributed by atoms with van der Waals surface area (Å²) in [5, 5.41) is 6.95. The minimum Gasteiger partial charge on any atom is -0.338 e. The highest BCUT2D eigenvalue weighted by atomic mass is 35.5. The van der Waals surface area contributed by atoms with Gasteiger partial charge in [-0.25, -0.2) is 4.39 Å². The van der Waals surface area contributed by atoms with Gasteiger partial charge in [-0.3, -0.25) is 4.79 Å². The van der Waals surface area contributed by atoms with E-state index in [1.807, 2.05) is 24.3 Å². The first kappa shape index (κ1) is 14.8. The number of anilines is 1. The van der Waals surface area contributed by atoms with E-state index in [1.54, 1.807) is 0 Å². The van der Waals surface area contributed by atoms with Crippen LogP contribution in [0.25, 0.3) is 11.4 Å². The molecule has 120 valence electrons. The molecule has 1 aliphatic heterocycles. The van der Waals surface area contributed by atoms with E-state index in [-0.39, 0.29) is 29.1 Å². The van der Waals surface area contributed by atoms with Gasteiger partial charge in [0.1, 0.15) is 5.82 Å². The van der Waals surface area contributed by atoms with Gasteiger partial charge in [0.15, 0.2) is 0 Å². The first-order valence-electron chi connectivity index (χ1n) is 7.29. The van der Waals surface area contributed by atoms with E-state index in [0.717, 1.165) is 11.3 Å². The van der Waals surface area contributed by atoms with Gasteiger partial charge in [-0.1, -0.05) is 35.0 Å². The summed E-state index contributed by atoms with van der Waals surface area (Å²) in [5.74, 6) is -0.287. The van der Waals surface area contributed by atoms with Crippen molar-refractivity contribution < 1.29 is 13.7 Å². The lowest BCUT2D eigenvalue weighted by molar-refractivity contribution is -0.116. The standard InChI is InChI=1S/C17H11ClFN3O2/c18-13-7-9(19)5-6-11(13)16-21-17(24-22-16)12-8-15(23)20-14-4-2-1-3-10(12)14/h1-7,12H,8H2,(H,20,23)/t12-/m0/s1. The van der Waals surface area contributed by atoms with E-state index in [2.05, 4.69) is 15.5 Å². The molecule has 1 N–H and O–H groups in total. The van der Waals surface area contributed by atoms with Crippen LogP contribution in [-0.4, -0.2) is 16.0 Å². The molecule has 1 atom stereocenters. The van der Waals surface area contributed by atoms with Gasteiger partial charge in [0.2, 0.25) is 17.6 Å². The maximum atomic E-state index is 13.2. The van der Waals surface area contributed by atoms with Crippen molar-refractivity contribution in [3.8, 4) is 11.4 Å². The molecule has 24 heavy (non-hydrogen) atoms. The number of carbonyl (C=O) groups excluding carboxylic acids is 1. The third-order valence-corrected chi connectivity index (χ3v) is 4.22. The van der Waals surface area contributed by atoms with Crippen LogP contribution >= 0.6 is 11.6 Å². The smallest absolute Gasteiger partial charge is 0.235 e. The molecule has 5 nitrogen and oxygen atoms in total. The van der Waals surface area contributed by atoms with Gasteiger partial charge in [0.05, 0.1) is 10.9 Å². The van der Waals surface area contributed by atoms with E-state index in [1.165, 1.54) is 18.2 Å². The summed E-state index contributed by atoms with van der Waals surface area (Å²) in [4.78, 5) is 16.3. The minimum absolute atomic E-state index is 0.113. The number of carbonyl (C=O) groups is 1. The van der Waals surface area contributed by atoms with Gasteiger partial charge in [-0.05, 0) is 29.8 Å². The van der Waals surface area contributed by atoms with Gasteiger partial charge in [-0.2, -0.15) is 4.98 Å². The van der Waals surface area contributed by atoms with Gasteiger partial charge in [0.25, 0.3) is 0 Å². The molecule has 0 unspecified atom stereocenters. The van der Waals surface area contributed by atoms with Crippen LogP contribution in [0.2, 0.25) is 5.02 Å². The molecule has 0 spiro atoms. The fourth-order valence-corrected chi connectivity index (χ4v) is 3.04. The maximum Gasteiger partial charge on any atom is 0.235 e. The van der Waals surface area contributed by atoms with E-state index < -0.39 is 5.82 Å². The van der Waals surface area contributed by atoms with E-state index >= 15 is 0 Å². The van der Waals surface area contributed by atoms with Crippen molar-refractivity contribution in [1.82, 2.24) is 10.1 Å². The topological polar surface area (TPSA) is 68.0 Å². The first-order chi connectivity index (χ1) is 11.6. The van der Waals surface area contributed by atoms with Gasteiger partial charge in [0, 0.05) is 17.7 Å². The van der Waals surface area contributed by atoms with Crippen LogP contribution in [0.5, 0.6) is 0 Å². The second kappa shape index (κ2) is 5.72. The third kappa shape index (κ3) is 2.55. The lowest BCUT2D eigenvalue weighted by Gasteiger charge is -2.22. The molecular formula is C17H11ClFN3O2. The number of hydrogen-bond acceptors (Lipinski definition) is 4. The molecule has 1 amide bonds. The third-order valence-electron chi connectivity index (χ3n) is 3.91. The van der Waals surface area contributed by atoms with Crippen molar-refractivity contribution in [2.24, 2.45) is 0 Å². The number of nitrogens with one attached hydrogen (secondary N) is 1. The largest absolute Gasteiger partial charge is 0.338 e. The number of benzene rings is 2. The number of nitrogens with zero attached hydrogens (tertiary/aromatic N) is 2. The molecule has 0 bridgehead atoms. The van der Waals surface area contributed by atoms with Crippen LogP contribution in [0.15, 0.2) is 47.0 Å². The van der Waals surface area contributed by atoms with Gasteiger partial charge < -0.3 is 9.84 Å². The molecule has 0 radical (unpaired) electrons. The Morgan fingerprint density at radius 2 is 2.08 bits per heavy atom. The number of rotatable bonds is 2. The fraction of sp³-hybridized carbons (Fsp3) is 0.118. The maximum absolute atomic E-state index is 13.2. The molecule has 0 saturated heterocycles. The average Bonchev–Trinajstić information content (AvgIpc) is 3.03. The summed E-state index contributed by atoms with van der Waals surface area (Å²) in [5.41, 5.74) is 2.12. The monoisotopic (exact) mass is 343 g/mol. The van der Waals surface area contributed by atoms with Gasteiger partial charge >= 0.3 is 0 Å². The molecule has 2 heterocycles. The number of amides is 1. The second-order valence-electron chi connectivity index (χ2n) is 5.47. The Morgan fingerprint density at radius 1 is 1.25 bits per heavy atom. The quantitative estimate of drug-likeness (QED) is 0.763. The minimum atomic E-state index is -0.439. The van der Waals surface area contributed by atoms with E-state index in [0.29, 0.717) is 11.5 Å². The number of para-hydroxylation sites is 1. The van der Waals surface area contributed by atoms with Crippen LogP contribution in [0, 0.1) is 5.82 Å². The highest BCUT2D eigenvalue weighted by Gasteiger charge is 2.30. The summed E-state index contributed by atoms with van der Waals surface area (Å²) in [6, 6.07) is 11.4. The zero-order valence-electron chi connectivity index (χ0n) is 12.3. The predicted octanol–water partition coefficient (Wildman–Crippen LogP) is 4.00. The first-order valence-corrected chi connectivity index (χ1v) is 7.67. The summed E-state index contributed by atoms with van der Waals surface area (Å²) in [7, 11) is 0. The van der Waals surface area contributed by atoms with Crippen LogP contribution < -0.4 is 5.32 Å². The Kier molecular flexibility index (Phi) is 3.54. The highest BCUT2D eigenvalue weighted by Crippen LogP contribution is 2.37. The molecule has 0 fully saturated rings. The lowest BCUT2D eigenvalue weighted by atomic mass is 9.90. The molecule has 1 aliphatic rings. The zero-order chi connectivity index (χ0) is 16.7. The van der Waals surface area contributed by atoms with Crippen LogP contribution in [0.1, 0.15) is 23.8 Å². The highest BCUT2D eigenvalue weighted by molar-refractivity contribution is 6.33. The average molecular weight is 344 g/mol. The molecule has 4 rings (SSSR count). The van der Waals surface area contributed by atoms with Crippen LogP contribution in [-0.2, 0) is 4.79 Å². The number of hydrogen-bond donors (Lipinski definition) is 1. The van der Waals surface area contributed by atoms with E-state index in [9.17, 15) is 9.18 Å². The molecule has 3 aromatic rings. The summed E-state index contributed by atoms with van der Waals surface area (Å²) < 4.78 is 18.5. The molecule has 2 aromatic carbocycles. The number of halogens is 2. The van der Waals surface area contributed by atoms with Gasteiger partial charge in [-0.15, -0.1) is 0 Å². The molecule has 0 saturated carbocycles. The Labute approximate surface area is 141 Å². The molecule has 0 aliphatic carbocycles. The molecular weight excluding hydrogens is 333 g/mol. The van der Waals surface area contributed by atoms with Crippen LogP contribution in [0.3, 0.4) is 0 Å². The number of fused-ring (bicyclic) bond motifs is 1. The Hall–Kier alpha value is -2.73. The summed E-state index contributed by atoms with van der Waals surface area (Å²) in [6.07, 6.45) is 0.218. The SMILES string of the molecule is O=C1C[C@H](c2nc(-c3ccc(F)cc3Cl)no2)c2ccccc2N1. The number of aromatic nitrogens is 2. The van der Waals surface area contributed by atoms with Crippen molar-refractivity contribution in [1.29, 1.82) is 0 Å². The van der Waals surface area contributed by atoms with Crippen molar-refractivity contribution >= 4 is 23.2 Å². The van der Waals surface area contributed by atoms with Crippen molar-refractivity contribution in [2.75, 3.05) is 5.32 Å². The Morgan fingerprint density at radius 3 is 2.92 bits per heavy atom. The fourth-order valence-electron chi connectivity index (χ4n) is 2.79. The predicted molar refractivity (Wildman–Crippen MR) is 86.2 cm³/mol. The molecule has 7 heteroatoms. The Balaban J connectivity index is 1.74. The Bertz CT molecular complexity index is 941. The molecule has 1 aromatic heterocycles. The summed E-state index contributed by atoms with van der Waals surface area (Å²) in [6.45, 7) is 0. The van der Waals surface area contributed by atoms with Crippen molar-refractivity contribution in [3.05, 3.63) is 64.8 Å². The van der Waals surface area contributed by atoms with Crippen molar-refractivity contribution in [2.45, 2.75) is 12.3 Å². The van der Waals surface area contributed by atoms with E-state index in [4.69, 9.17) is 16.1 Å². The second-order valence-corrected chi connectivity index (χ2v) is 5.88. The summed E-state index contributed by atoms with van der Waals surface area (Å²) >= 11 is 6.04.